The van der Waals surface area contributed by atoms with Crippen LogP contribution in [0.15, 0.2) is 42.5 Å². The van der Waals surface area contributed by atoms with E-state index >= 15 is 0 Å². The molecular weight excluding hydrogens is 293 g/mol. The number of nitrogens with one attached hydrogen (secondary N) is 1. The van der Waals surface area contributed by atoms with Gasteiger partial charge in [-0.15, -0.1) is 0 Å². The zero-order valence-corrected chi connectivity index (χ0v) is 12.2. The molecule has 110 valence electrons. The monoisotopic (exact) mass is 307 g/mol. The average Bonchev–Trinajstić information content (AvgIpc) is 2.48. The first-order chi connectivity index (χ1) is 10.1. The van der Waals surface area contributed by atoms with Crippen LogP contribution in [0.25, 0.3) is 0 Å². The van der Waals surface area contributed by atoms with Crippen molar-refractivity contribution in [1.29, 1.82) is 0 Å². The number of anilines is 2. The van der Waals surface area contributed by atoms with Gasteiger partial charge in [-0.2, -0.15) is 0 Å². The van der Waals surface area contributed by atoms with Gasteiger partial charge in [-0.3, -0.25) is 10.6 Å². The Kier molecular flexibility index (Phi) is 4.77. The number of nitrogen functional groups attached to an aromatic ring is 1. The number of nitrogens with zero attached hydrogens (tertiary/aromatic N) is 1. The fourth-order valence-corrected chi connectivity index (χ4v) is 2.22. The first kappa shape index (κ1) is 15.3. The van der Waals surface area contributed by atoms with Gasteiger partial charge < -0.3 is 10.3 Å². The number of amides is 1. The first-order valence-corrected chi connectivity index (χ1v) is 6.78. The minimum Gasteiger partial charge on any atom is -0.323 e. The SMILES string of the molecule is CCN(C(=O)c1cc(Cl)ccc1NN)c1cccc(F)c1. The van der Waals surface area contributed by atoms with Gasteiger partial charge in [0.2, 0.25) is 0 Å². The van der Waals surface area contributed by atoms with Gasteiger partial charge in [-0.1, -0.05) is 17.7 Å². The van der Waals surface area contributed by atoms with E-state index in [9.17, 15) is 9.18 Å². The first-order valence-electron chi connectivity index (χ1n) is 6.40. The molecule has 0 spiro atoms. The second-order valence-corrected chi connectivity index (χ2v) is 4.80. The topological polar surface area (TPSA) is 58.4 Å². The van der Waals surface area contributed by atoms with Gasteiger partial charge in [0.1, 0.15) is 5.82 Å². The van der Waals surface area contributed by atoms with Gasteiger partial charge in [0.15, 0.2) is 0 Å². The molecule has 0 aliphatic rings. The van der Waals surface area contributed by atoms with Crippen molar-refractivity contribution in [2.45, 2.75) is 6.92 Å². The van der Waals surface area contributed by atoms with E-state index in [1.54, 1.807) is 24.3 Å². The molecule has 0 atom stereocenters. The van der Waals surface area contributed by atoms with E-state index in [4.69, 9.17) is 17.4 Å². The lowest BCUT2D eigenvalue weighted by atomic mass is 10.1. The van der Waals surface area contributed by atoms with Crippen molar-refractivity contribution in [2.24, 2.45) is 5.84 Å². The third-order valence-electron chi connectivity index (χ3n) is 3.05. The smallest absolute Gasteiger partial charge is 0.260 e. The highest BCUT2D eigenvalue weighted by Gasteiger charge is 2.19. The zero-order valence-electron chi connectivity index (χ0n) is 11.4. The number of hydrogen-bond acceptors (Lipinski definition) is 3. The summed E-state index contributed by atoms with van der Waals surface area (Å²) in [6.45, 7) is 2.20. The lowest BCUT2D eigenvalue weighted by Gasteiger charge is -2.22. The molecule has 2 rings (SSSR count). The molecule has 0 bridgehead atoms. The Labute approximate surface area is 127 Å². The van der Waals surface area contributed by atoms with E-state index in [0.717, 1.165) is 0 Å². The van der Waals surface area contributed by atoms with Crippen LogP contribution >= 0.6 is 11.6 Å². The predicted octanol–water partition coefficient (Wildman–Crippen LogP) is 3.43. The molecule has 0 saturated heterocycles. The van der Waals surface area contributed by atoms with Crippen LogP contribution < -0.4 is 16.2 Å². The van der Waals surface area contributed by atoms with E-state index in [2.05, 4.69) is 5.43 Å². The fourth-order valence-electron chi connectivity index (χ4n) is 2.05. The van der Waals surface area contributed by atoms with Gasteiger partial charge in [0.25, 0.3) is 5.91 Å². The minimum atomic E-state index is -0.401. The van der Waals surface area contributed by atoms with Gasteiger partial charge in [-0.25, -0.2) is 4.39 Å². The largest absolute Gasteiger partial charge is 0.323 e. The van der Waals surface area contributed by atoms with Crippen molar-refractivity contribution in [1.82, 2.24) is 0 Å². The zero-order chi connectivity index (χ0) is 15.4. The highest BCUT2D eigenvalue weighted by atomic mass is 35.5. The molecule has 0 aromatic heterocycles. The van der Waals surface area contributed by atoms with Crippen molar-refractivity contribution in [3.63, 3.8) is 0 Å². The number of carbonyl (C=O) groups excluding carboxylic acids is 1. The molecule has 21 heavy (non-hydrogen) atoms. The molecule has 0 saturated carbocycles. The van der Waals surface area contributed by atoms with E-state index in [-0.39, 0.29) is 5.91 Å². The number of rotatable bonds is 4. The standard InChI is InChI=1S/C15H15ClFN3O/c1-2-20(12-5-3-4-11(17)9-12)15(21)13-8-10(16)6-7-14(13)19-18/h3-9,19H,2,18H2,1H3. The van der Waals surface area contributed by atoms with Gasteiger partial charge in [0, 0.05) is 17.3 Å². The van der Waals surface area contributed by atoms with Crippen LogP contribution in [0, 0.1) is 5.82 Å². The quantitative estimate of drug-likeness (QED) is 0.672. The summed E-state index contributed by atoms with van der Waals surface area (Å²) in [6, 6.07) is 10.6. The van der Waals surface area contributed by atoms with Gasteiger partial charge >= 0.3 is 0 Å². The summed E-state index contributed by atoms with van der Waals surface area (Å²) in [4.78, 5) is 14.1. The molecule has 0 unspecified atom stereocenters. The number of halogens is 2. The summed E-state index contributed by atoms with van der Waals surface area (Å²) in [7, 11) is 0. The Balaban J connectivity index is 2.43. The van der Waals surface area contributed by atoms with Crippen molar-refractivity contribution in [2.75, 3.05) is 16.9 Å². The normalized spacial score (nSPS) is 10.3. The molecular formula is C15H15ClFN3O. The number of hydrogen-bond donors (Lipinski definition) is 2. The van der Waals surface area contributed by atoms with Crippen LogP contribution in [0.5, 0.6) is 0 Å². The Morgan fingerprint density at radius 1 is 1.33 bits per heavy atom. The average molecular weight is 308 g/mol. The van der Waals surface area contributed by atoms with Crippen molar-refractivity contribution in [3.05, 3.63) is 58.9 Å². The van der Waals surface area contributed by atoms with E-state index in [1.807, 2.05) is 6.92 Å². The van der Waals surface area contributed by atoms with Crippen LogP contribution in [0.1, 0.15) is 17.3 Å². The number of hydrazine groups is 1. The summed E-state index contributed by atoms with van der Waals surface area (Å²) >= 11 is 5.94. The molecule has 6 heteroatoms. The van der Waals surface area contributed by atoms with Crippen LogP contribution in [0.2, 0.25) is 5.02 Å². The van der Waals surface area contributed by atoms with Crippen LogP contribution in [0.3, 0.4) is 0 Å². The molecule has 0 aliphatic carbocycles. The molecule has 2 aromatic carbocycles. The Morgan fingerprint density at radius 2 is 2.10 bits per heavy atom. The van der Waals surface area contributed by atoms with Gasteiger partial charge in [-0.05, 0) is 43.3 Å². The number of carbonyl (C=O) groups is 1. The lowest BCUT2D eigenvalue weighted by Crippen LogP contribution is -2.31. The van der Waals surface area contributed by atoms with Crippen LogP contribution in [-0.4, -0.2) is 12.5 Å². The summed E-state index contributed by atoms with van der Waals surface area (Å²) in [5, 5.41) is 0.424. The molecule has 3 N–H and O–H groups in total. The maximum absolute atomic E-state index is 13.3. The number of benzene rings is 2. The van der Waals surface area contributed by atoms with Crippen molar-refractivity contribution < 1.29 is 9.18 Å². The summed E-state index contributed by atoms with van der Waals surface area (Å²) < 4.78 is 13.3. The maximum atomic E-state index is 13.3. The van der Waals surface area contributed by atoms with Crippen LogP contribution in [0.4, 0.5) is 15.8 Å². The molecule has 0 radical (unpaired) electrons. The summed E-state index contributed by atoms with van der Waals surface area (Å²) in [5.74, 6) is 4.71. The van der Waals surface area contributed by atoms with Crippen LogP contribution in [-0.2, 0) is 0 Å². The maximum Gasteiger partial charge on any atom is 0.260 e. The van der Waals surface area contributed by atoms with E-state index in [0.29, 0.717) is 28.5 Å². The molecule has 1 amide bonds. The highest BCUT2D eigenvalue weighted by molar-refractivity contribution is 6.31. The third-order valence-corrected chi connectivity index (χ3v) is 3.28. The second kappa shape index (κ2) is 6.56. The minimum absolute atomic E-state index is 0.307. The Morgan fingerprint density at radius 3 is 2.71 bits per heavy atom. The van der Waals surface area contributed by atoms with Crippen molar-refractivity contribution >= 4 is 28.9 Å². The Bertz CT molecular complexity index is 663. The van der Waals surface area contributed by atoms with E-state index in [1.165, 1.54) is 23.1 Å². The second-order valence-electron chi connectivity index (χ2n) is 4.36. The van der Waals surface area contributed by atoms with Gasteiger partial charge in [0.05, 0.1) is 11.3 Å². The molecule has 2 aromatic rings. The molecule has 0 heterocycles. The Hall–Kier alpha value is -2.11. The molecule has 0 fully saturated rings. The summed E-state index contributed by atoms with van der Waals surface area (Å²) in [6.07, 6.45) is 0. The predicted molar refractivity (Wildman–Crippen MR) is 83.0 cm³/mol. The lowest BCUT2D eigenvalue weighted by molar-refractivity contribution is 0.0989. The fraction of sp³-hybridized carbons (Fsp3) is 0.133. The third kappa shape index (κ3) is 3.32. The molecule has 0 aliphatic heterocycles. The molecule has 4 nitrogen and oxygen atoms in total. The number of nitrogens with two attached hydrogens (primary N) is 1. The van der Waals surface area contributed by atoms with E-state index < -0.39 is 5.82 Å². The van der Waals surface area contributed by atoms with Crippen molar-refractivity contribution in [3.8, 4) is 0 Å². The summed E-state index contributed by atoms with van der Waals surface area (Å²) in [5.41, 5.74) is 3.73. The highest BCUT2D eigenvalue weighted by Crippen LogP contribution is 2.24.